The average Bonchev–Trinajstić information content (AvgIpc) is 3.57. The molecule has 1 aromatic carbocycles. The molecule has 0 saturated carbocycles. The number of carbonyl (C=O) groups is 2. The van der Waals surface area contributed by atoms with E-state index in [0.717, 1.165) is 15.3 Å². The number of Topliss-reactive ketones (excluding diaryl/α,β-unsaturated/α-hetero) is 1. The molecule has 3 aromatic heterocycles. The van der Waals surface area contributed by atoms with E-state index in [4.69, 9.17) is 9.15 Å². The number of carbonyl (C=O) groups excluding carboxylic acids is 2. The summed E-state index contributed by atoms with van der Waals surface area (Å²) in [5.74, 6) is -1.05. The molecule has 0 saturated heterocycles. The number of para-hydroxylation sites is 1. The summed E-state index contributed by atoms with van der Waals surface area (Å²) in [4.78, 5) is 30.1. The van der Waals surface area contributed by atoms with E-state index in [2.05, 4.69) is 0 Å². The Bertz CT molecular complexity index is 1360. The minimum absolute atomic E-state index is 0.0372. The topological polar surface area (TPSA) is 80.0 Å². The van der Waals surface area contributed by atoms with Crippen molar-refractivity contribution in [1.29, 1.82) is 0 Å². The van der Waals surface area contributed by atoms with Crippen molar-refractivity contribution in [1.82, 2.24) is 4.90 Å². The van der Waals surface area contributed by atoms with Crippen LogP contribution in [0, 0.1) is 6.92 Å². The molecular formula is C24H19NO5S2. The number of furan rings is 1. The molecule has 32 heavy (non-hydrogen) atoms. The van der Waals surface area contributed by atoms with Crippen LogP contribution in [0.5, 0.6) is 5.75 Å². The first-order valence-electron chi connectivity index (χ1n) is 9.91. The van der Waals surface area contributed by atoms with E-state index >= 15 is 0 Å². The van der Waals surface area contributed by atoms with Crippen molar-refractivity contribution in [2.24, 2.45) is 0 Å². The Balaban J connectivity index is 1.61. The number of benzene rings is 1. The van der Waals surface area contributed by atoms with Crippen LogP contribution < -0.4 is 4.74 Å². The summed E-state index contributed by atoms with van der Waals surface area (Å²) in [5, 5.41) is 15.4. The average molecular weight is 466 g/mol. The fourth-order valence-electron chi connectivity index (χ4n) is 4.00. The van der Waals surface area contributed by atoms with E-state index in [1.807, 2.05) is 41.9 Å². The van der Waals surface area contributed by atoms with Gasteiger partial charge < -0.3 is 19.2 Å². The molecule has 4 aromatic rings. The highest BCUT2D eigenvalue weighted by Gasteiger charge is 2.45. The fourth-order valence-corrected chi connectivity index (χ4v) is 5.75. The zero-order chi connectivity index (χ0) is 22.4. The zero-order valence-corrected chi connectivity index (χ0v) is 19.0. The Hall–Kier alpha value is -3.36. The Morgan fingerprint density at radius 2 is 2.03 bits per heavy atom. The van der Waals surface area contributed by atoms with Crippen molar-refractivity contribution in [3.8, 4) is 5.75 Å². The van der Waals surface area contributed by atoms with Gasteiger partial charge in [-0.05, 0) is 47.5 Å². The number of rotatable bonds is 6. The highest BCUT2D eigenvalue weighted by molar-refractivity contribution is 7.10. The Kier molecular flexibility index (Phi) is 5.11. The number of methoxy groups -OCH3 is 1. The van der Waals surface area contributed by atoms with Gasteiger partial charge in [-0.1, -0.05) is 18.2 Å². The van der Waals surface area contributed by atoms with Gasteiger partial charge in [0.25, 0.3) is 5.91 Å². The van der Waals surface area contributed by atoms with Gasteiger partial charge in [-0.3, -0.25) is 9.59 Å². The van der Waals surface area contributed by atoms with Gasteiger partial charge in [0.1, 0.15) is 6.04 Å². The molecule has 1 aliphatic rings. The number of aryl methyl sites for hydroxylation is 1. The Morgan fingerprint density at radius 1 is 1.19 bits per heavy atom. The summed E-state index contributed by atoms with van der Waals surface area (Å²) in [7, 11) is 1.53. The summed E-state index contributed by atoms with van der Waals surface area (Å²) in [6.07, 6.45) is 0. The molecule has 6 nitrogen and oxygen atoms in total. The first-order valence-corrected chi connectivity index (χ1v) is 11.7. The number of ketones is 1. The molecule has 5 rings (SSSR count). The van der Waals surface area contributed by atoms with Gasteiger partial charge in [0, 0.05) is 15.1 Å². The van der Waals surface area contributed by atoms with Gasteiger partial charge in [-0.15, -0.1) is 22.7 Å². The summed E-state index contributed by atoms with van der Waals surface area (Å²) in [5.41, 5.74) is 1.44. The summed E-state index contributed by atoms with van der Waals surface area (Å²) >= 11 is 2.98. The summed E-state index contributed by atoms with van der Waals surface area (Å²) < 4.78 is 11.2. The SMILES string of the molecule is COc1cccc2cc(C(=O)C3=C(O)C(=O)N(Cc4cccs4)C3c3sccc3C)oc12. The zero-order valence-electron chi connectivity index (χ0n) is 17.3. The third kappa shape index (κ3) is 3.23. The molecule has 4 heterocycles. The smallest absolute Gasteiger partial charge is 0.290 e. The van der Waals surface area contributed by atoms with Crippen LogP contribution in [0.15, 0.2) is 69.0 Å². The van der Waals surface area contributed by atoms with Crippen LogP contribution in [0.2, 0.25) is 0 Å². The molecule has 1 aliphatic heterocycles. The minimum atomic E-state index is -0.688. The molecule has 0 spiro atoms. The third-order valence-corrected chi connectivity index (χ3v) is 7.49. The van der Waals surface area contributed by atoms with Crippen LogP contribution in [-0.4, -0.2) is 28.8 Å². The van der Waals surface area contributed by atoms with Crippen LogP contribution in [-0.2, 0) is 11.3 Å². The number of hydrogen-bond acceptors (Lipinski definition) is 7. The molecule has 1 atom stereocenters. The molecule has 0 fully saturated rings. The number of hydrogen-bond donors (Lipinski definition) is 1. The number of thiophene rings is 2. The van der Waals surface area contributed by atoms with Crippen LogP contribution in [0.4, 0.5) is 0 Å². The number of nitrogens with zero attached hydrogens (tertiary/aromatic N) is 1. The van der Waals surface area contributed by atoms with E-state index < -0.39 is 23.5 Å². The van der Waals surface area contributed by atoms with Crippen molar-refractivity contribution >= 4 is 45.3 Å². The maximum Gasteiger partial charge on any atom is 0.290 e. The second-order valence-electron chi connectivity index (χ2n) is 7.46. The lowest BCUT2D eigenvalue weighted by molar-refractivity contribution is -0.129. The number of aliphatic hydroxyl groups is 1. The highest BCUT2D eigenvalue weighted by atomic mass is 32.1. The quantitative estimate of drug-likeness (QED) is 0.372. The number of fused-ring (bicyclic) bond motifs is 1. The van der Waals surface area contributed by atoms with E-state index in [1.54, 1.807) is 23.1 Å². The first-order chi connectivity index (χ1) is 15.5. The molecular weight excluding hydrogens is 446 g/mol. The number of amides is 1. The molecule has 8 heteroatoms. The van der Waals surface area contributed by atoms with E-state index in [0.29, 0.717) is 23.3 Å². The Morgan fingerprint density at radius 3 is 2.72 bits per heavy atom. The van der Waals surface area contributed by atoms with E-state index in [9.17, 15) is 14.7 Å². The second kappa shape index (κ2) is 7.96. The predicted molar refractivity (Wildman–Crippen MR) is 123 cm³/mol. The monoisotopic (exact) mass is 465 g/mol. The normalized spacial score (nSPS) is 16.4. The maximum atomic E-state index is 13.6. The molecule has 1 unspecified atom stereocenters. The number of aliphatic hydroxyl groups excluding tert-OH is 1. The third-order valence-electron chi connectivity index (χ3n) is 5.56. The van der Waals surface area contributed by atoms with Gasteiger partial charge in [0.15, 0.2) is 22.9 Å². The summed E-state index contributed by atoms with van der Waals surface area (Å²) in [6, 6.07) is 12.1. The van der Waals surface area contributed by atoms with Crippen LogP contribution in [0.3, 0.4) is 0 Å². The van der Waals surface area contributed by atoms with Gasteiger partial charge in [0.2, 0.25) is 5.78 Å². The molecule has 0 radical (unpaired) electrons. The van der Waals surface area contributed by atoms with Gasteiger partial charge in [-0.2, -0.15) is 0 Å². The van der Waals surface area contributed by atoms with Crippen molar-refractivity contribution in [3.63, 3.8) is 0 Å². The minimum Gasteiger partial charge on any atom is -0.503 e. The molecule has 1 amide bonds. The fraction of sp³-hybridized carbons (Fsp3) is 0.167. The molecule has 1 N–H and O–H groups in total. The van der Waals surface area contributed by atoms with E-state index in [1.165, 1.54) is 29.8 Å². The standard InChI is InChI=1S/C24H19NO5S2/c1-13-8-10-32-23(13)19-18(21(27)24(28)25(19)12-15-6-4-9-31-15)20(26)17-11-14-5-3-7-16(29-2)22(14)30-17/h3-11,19,27H,12H2,1-2H3. The molecule has 0 bridgehead atoms. The van der Waals surface area contributed by atoms with Crippen molar-refractivity contribution < 1.29 is 23.8 Å². The van der Waals surface area contributed by atoms with Crippen LogP contribution >= 0.6 is 22.7 Å². The Labute approximate surface area is 192 Å². The molecule has 0 aliphatic carbocycles. The van der Waals surface area contributed by atoms with Gasteiger partial charge in [0.05, 0.1) is 19.2 Å². The van der Waals surface area contributed by atoms with Crippen molar-refractivity contribution in [3.05, 3.63) is 85.6 Å². The summed E-state index contributed by atoms with van der Waals surface area (Å²) in [6.45, 7) is 2.23. The largest absolute Gasteiger partial charge is 0.503 e. The maximum absolute atomic E-state index is 13.6. The number of ether oxygens (including phenoxy) is 1. The van der Waals surface area contributed by atoms with Gasteiger partial charge >= 0.3 is 0 Å². The first kappa shape index (κ1) is 20.5. The predicted octanol–water partition coefficient (Wildman–Crippen LogP) is 5.65. The van der Waals surface area contributed by atoms with Crippen molar-refractivity contribution in [2.75, 3.05) is 7.11 Å². The molecule has 162 valence electrons. The lowest BCUT2D eigenvalue weighted by Crippen LogP contribution is -2.30. The van der Waals surface area contributed by atoms with E-state index in [-0.39, 0.29) is 11.3 Å². The van der Waals surface area contributed by atoms with Crippen molar-refractivity contribution in [2.45, 2.75) is 19.5 Å². The van der Waals surface area contributed by atoms with Crippen LogP contribution in [0.25, 0.3) is 11.0 Å². The lowest BCUT2D eigenvalue weighted by atomic mass is 9.98. The highest BCUT2D eigenvalue weighted by Crippen LogP contribution is 2.44. The second-order valence-corrected chi connectivity index (χ2v) is 9.44. The van der Waals surface area contributed by atoms with Crippen LogP contribution in [0.1, 0.15) is 31.9 Å². The van der Waals surface area contributed by atoms with Gasteiger partial charge in [-0.25, -0.2) is 0 Å². The lowest BCUT2D eigenvalue weighted by Gasteiger charge is -2.25.